The molecule has 1 fully saturated rings. The molecule has 0 aromatic heterocycles. The second-order valence-electron chi connectivity index (χ2n) is 4.98. The van der Waals surface area contributed by atoms with Crippen LogP contribution in [-0.4, -0.2) is 26.9 Å². The Morgan fingerprint density at radius 3 is 2.42 bits per heavy atom. The smallest absolute Gasteiger partial charge is 0.199 e. The van der Waals surface area contributed by atoms with Crippen molar-refractivity contribution >= 4 is 0 Å². The van der Waals surface area contributed by atoms with Crippen LogP contribution in [0.1, 0.15) is 29.5 Å². The van der Waals surface area contributed by atoms with Gasteiger partial charge in [0, 0.05) is 6.42 Å². The standard InChI is InChI=1S/C15H23NO3/c1-11-9-13(14(17-3)10-12(11)2)15(5-6-16)18-7-4-8-19-15/h9-10H,4-8,16H2,1-3H3. The minimum atomic E-state index is -0.753. The van der Waals surface area contributed by atoms with Crippen LogP contribution < -0.4 is 10.5 Å². The summed E-state index contributed by atoms with van der Waals surface area (Å²) < 4.78 is 17.4. The van der Waals surface area contributed by atoms with E-state index in [1.807, 2.05) is 6.07 Å². The fourth-order valence-electron chi connectivity index (χ4n) is 2.46. The molecule has 0 radical (unpaired) electrons. The van der Waals surface area contributed by atoms with Gasteiger partial charge in [0.25, 0.3) is 0 Å². The van der Waals surface area contributed by atoms with Gasteiger partial charge in [-0.2, -0.15) is 0 Å². The molecule has 4 nitrogen and oxygen atoms in total. The molecule has 19 heavy (non-hydrogen) atoms. The fourth-order valence-corrected chi connectivity index (χ4v) is 2.46. The van der Waals surface area contributed by atoms with Gasteiger partial charge < -0.3 is 19.9 Å². The van der Waals surface area contributed by atoms with Crippen LogP contribution >= 0.6 is 0 Å². The van der Waals surface area contributed by atoms with Crippen LogP contribution in [0.2, 0.25) is 0 Å². The summed E-state index contributed by atoms with van der Waals surface area (Å²) in [4.78, 5) is 0. The number of rotatable bonds is 4. The molecule has 1 aromatic rings. The van der Waals surface area contributed by atoms with Gasteiger partial charge in [-0.1, -0.05) is 0 Å². The van der Waals surface area contributed by atoms with Crippen molar-refractivity contribution in [2.45, 2.75) is 32.5 Å². The maximum absolute atomic E-state index is 5.95. The van der Waals surface area contributed by atoms with Crippen LogP contribution in [0.15, 0.2) is 12.1 Å². The summed E-state index contributed by atoms with van der Waals surface area (Å²) in [6.07, 6.45) is 1.55. The van der Waals surface area contributed by atoms with Gasteiger partial charge in [0.15, 0.2) is 5.79 Å². The molecule has 1 aliphatic rings. The Kier molecular flexibility index (Phi) is 4.45. The van der Waals surface area contributed by atoms with E-state index in [1.54, 1.807) is 7.11 Å². The van der Waals surface area contributed by atoms with Gasteiger partial charge in [0.2, 0.25) is 0 Å². The summed E-state index contributed by atoms with van der Waals surface area (Å²) in [5.41, 5.74) is 9.08. The van der Waals surface area contributed by atoms with E-state index in [9.17, 15) is 0 Å². The maximum Gasteiger partial charge on any atom is 0.199 e. The highest BCUT2D eigenvalue weighted by Crippen LogP contribution is 2.40. The fraction of sp³-hybridized carbons (Fsp3) is 0.600. The molecule has 0 spiro atoms. The molecule has 0 atom stereocenters. The molecule has 0 unspecified atom stereocenters. The molecule has 1 heterocycles. The lowest BCUT2D eigenvalue weighted by Crippen LogP contribution is -2.40. The van der Waals surface area contributed by atoms with Crippen LogP contribution in [0.25, 0.3) is 0 Å². The summed E-state index contributed by atoms with van der Waals surface area (Å²) in [5, 5.41) is 0. The second kappa shape index (κ2) is 5.90. The third-order valence-corrected chi connectivity index (χ3v) is 3.66. The highest BCUT2D eigenvalue weighted by Gasteiger charge is 2.38. The van der Waals surface area contributed by atoms with E-state index in [1.165, 1.54) is 11.1 Å². The molecule has 2 rings (SSSR count). The van der Waals surface area contributed by atoms with Crippen LogP contribution in [-0.2, 0) is 15.3 Å². The van der Waals surface area contributed by atoms with Crippen molar-refractivity contribution in [2.75, 3.05) is 26.9 Å². The summed E-state index contributed by atoms with van der Waals surface area (Å²) in [6.45, 7) is 6.04. The zero-order valence-electron chi connectivity index (χ0n) is 12.0. The van der Waals surface area contributed by atoms with Crippen LogP contribution in [0.4, 0.5) is 0 Å². The second-order valence-corrected chi connectivity index (χ2v) is 4.98. The normalized spacial score (nSPS) is 18.3. The average Bonchev–Trinajstić information content (AvgIpc) is 2.42. The zero-order valence-corrected chi connectivity index (χ0v) is 12.0. The summed E-state index contributed by atoms with van der Waals surface area (Å²) in [7, 11) is 1.67. The van der Waals surface area contributed by atoms with Crippen molar-refractivity contribution in [3.8, 4) is 5.75 Å². The average molecular weight is 265 g/mol. The number of aryl methyl sites for hydroxylation is 2. The first-order valence-corrected chi connectivity index (χ1v) is 6.76. The minimum absolute atomic E-state index is 0.510. The highest BCUT2D eigenvalue weighted by atomic mass is 16.7. The number of methoxy groups -OCH3 is 1. The molecule has 0 bridgehead atoms. The molecular formula is C15H23NO3. The molecule has 0 aliphatic carbocycles. The first-order chi connectivity index (χ1) is 9.13. The molecule has 1 saturated heterocycles. The van der Waals surface area contributed by atoms with E-state index in [2.05, 4.69) is 19.9 Å². The predicted octanol–water partition coefficient (Wildman–Crippen LogP) is 2.25. The number of benzene rings is 1. The van der Waals surface area contributed by atoms with Gasteiger partial charge in [-0.05, 0) is 50.1 Å². The monoisotopic (exact) mass is 265 g/mol. The molecule has 0 saturated carbocycles. The van der Waals surface area contributed by atoms with Crippen molar-refractivity contribution in [2.24, 2.45) is 5.73 Å². The van der Waals surface area contributed by atoms with Crippen molar-refractivity contribution < 1.29 is 14.2 Å². The van der Waals surface area contributed by atoms with Gasteiger partial charge in [-0.3, -0.25) is 0 Å². The Bertz CT molecular complexity index is 434. The molecule has 2 N–H and O–H groups in total. The topological polar surface area (TPSA) is 53.7 Å². The lowest BCUT2D eigenvalue weighted by molar-refractivity contribution is -0.279. The molecule has 0 amide bonds. The van der Waals surface area contributed by atoms with E-state index in [4.69, 9.17) is 19.9 Å². The van der Waals surface area contributed by atoms with Crippen molar-refractivity contribution in [1.82, 2.24) is 0 Å². The van der Waals surface area contributed by atoms with Crippen LogP contribution in [0.3, 0.4) is 0 Å². The third kappa shape index (κ3) is 2.76. The predicted molar refractivity (Wildman–Crippen MR) is 74.3 cm³/mol. The number of hydrogen-bond donors (Lipinski definition) is 1. The Hall–Kier alpha value is -1.10. The van der Waals surface area contributed by atoms with Gasteiger partial charge >= 0.3 is 0 Å². The number of nitrogens with two attached hydrogens (primary N) is 1. The van der Waals surface area contributed by atoms with E-state index in [0.717, 1.165) is 17.7 Å². The number of ether oxygens (including phenoxy) is 3. The number of hydrogen-bond acceptors (Lipinski definition) is 4. The molecule has 1 aliphatic heterocycles. The molecule has 106 valence electrons. The lowest BCUT2D eigenvalue weighted by atomic mass is 9.95. The Morgan fingerprint density at radius 2 is 1.84 bits per heavy atom. The van der Waals surface area contributed by atoms with E-state index >= 15 is 0 Å². The Balaban J connectivity index is 2.48. The van der Waals surface area contributed by atoms with Crippen molar-refractivity contribution in [3.05, 3.63) is 28.8 Å². The van der Waals surface area contributed by atoms with E-state index < -0.39 is 5.79 Å². The molecular weight excluding hydrogens is 242 g/mol. The zero-order chi connectivity index (χ0) is 13.9. The largest absolute Gasteiger partial charge is 0.496 e. The van der Waals surface area contributed by atoms with Crippen LogP contribution in [0, 0.1) is 13.8 Å². The summed E-state index contributed by atoms with van der Waals surface area (Å²) >= 11 is 0. The summed E-state index contributed by atoms with van der Waals surface area (Å²) in [5.74, 6) is 0.0509. The van der Waals surface area contributed by atoms with E-state index in [-0.39, 0.29) is 0 Å². The quantitative estimate of drug-likeness (QED) is 0.907. The molecule has 4 heteroatoms. The van der Waals surface area contributed by atoms with Gasteiger partial charge in [-0.15, -0.1) is 0 Å². The first-order valence-electron chi connectivity index (χ1n) is 6.76. The van der Waals surface area contributed by atoms with Gasteiger partial charge in [0.1, 0.15) is 5.75 Å². The first kappa shape index (κ1) is 14.3. The van der Waals surface area contributed by atoms with Crippen molar-refractivity contribution in [1.29, 1.82) is 0 Å². The van der Waals surface area contributed by atoms with E-state index in [0.29, 0.717) is 26.2 Å². The van der Waals surface area contributed by atoms with Gasteiger partial charge in [-0.25, -0.2) is 0 Å². The van der Waals surface area contributed by atoms with Crippen LogP contribution in [0.5, 0.6) is 5.75 Å². The lowest BCUT2D eigenvalue weighted by Gasteiger charge is -2.38. The molecule has 1 aromatic carbocycles. The van der Waals surface area contributed by atoms with Gasteiger partial charge in [0.05, 0.1) is 25.9 Å². The Morgan fingerprint density at radius 1 is 1.21 bits per heavy atom. The van der Waals surface area contributed by atoms with Crippen molar-refractivity contribution in [3.63, 3.8) is 0 Å². The summed E-state index contributed by atoms with van der Waals surface area (Å²) in [6, 6.07) is 4.12. The Labute approximate surface area is 114 Å². The third-order valence-electron chi connectivity index (χ3n) is 3.66. The minimum Gasteiger partial charge on any atom is -0.496 e. The maximum atomic E-state index is 5.95. The highest BCUT2D eigenvalue weighted by molar-refractivity contribution is 5.44. The SMILES string of the molecule is COc1cc(C)c(C)cc1C1(CCN)OCCCO1.